The second-order valence-electron chi connectivity index (χ2n) is 4.90. The number of amides is 1. The van der Waals surface area contributed by atoms with Gasteiger partial charge in [-0.3, -0.25) is 4.79 Å². The number of nitrogens with one attached hydrogen (secondary N) is 2. The summed E-state index contributed by atoms with van der Waals surface area (Å²) in [6.45, 7) is 4.20. The van der Waals surface area contributed by atoms with Gasteiger partial charge in [-0.15, -0.1) is 0 Å². The number of nitrogens with zero attached hydrogens (tertiary/aromatic N) is 2. The van der Waals surface area contributed by atoms with Gasteiger partial charge in [0.1, 0.15) is 5.75 Å². The molecule has 0 aromatic heterocycles. The summed E-state index contributed by atoms with van der Waals surface area (Å²) in [4.78, 5) is 14.1. The number of carbonyl (C=O) groups excluding carboxylic acids is 1. The number of rotatable bonds is 5. The molecule has 1 aromatic carbocycles. The highest BCUT2D eigenvalue weighted by molar-refractivity contribution is 5.92. The Morgan fingerprint density at radius 3 is 2.45 bits per heavy atom. The van der Waals surface area contributed by atoms with Gasteiger partial charge in [0.15, 0.2) is 0 Å². The zero-order valence-electron chi connectivity index (χ0n) is 12.1. The molecule has 20 heavy (non-hydrogen) atoms. The van der Waals surface area contributed by atoms with Crippen LogP contribution >= 0.6 is 0 Å². The fraction of sp³-hybridized carbons (Fsp3) is 0.500. The highest BCUT2D eigenvalue weighted by atomic mass is 16.5. The van der Waals surface area contributed by atoms with E-state index in [0.29, 0.717) is 0 Å². The molecule has 1 aliphatic heterocycles. The number of hydrogen-bond acceptors (Lipinski definition) is 5. The lowest BCUT2D eigenvalue weighted by Crippen LogP contribution is -2.52. The largest absolute Gasteiger partial charge is 0.497 e. The first-order chi connectivity index (χ1) is 9.67. The van der Waals surface area contributed by atoms with Crippen molar-refractivity contribution in [3.8, 4) is 5.75 Å². The van der Waals surface area contributed by atoms with Crippen LogP contribution in [0, 0.1) is 0 Å². The van der Waals surface area contributed by atoms with E-state index in [4.69, 9.17) is 4.74 Å². The summed E-state index contributed by atoms with van der Waals surface area (Å²) in [6, 6.07) is 7.30. The van der Waals surface area contributed by atoms with Gasteiger partial charge in [-0.25, -0.2) is 10.4 Å². The lowest BCUT2D eigenvalue weighted by Gasteiger charge is -2.32. The number of anilines is 1. The van der Waals surface area contributed by atoms with Gasteiger partial charge in [-0.1, -0.05) is 0 Å². The molecule has 0 atom stereocenters. The minimum atomic E-state index is -0.0471. The summed E-state index contributed by atoms with van der Waals surface area (Å²) >= 11 is 0. The second-order valence-corrected chi connectivity index (χ2v) is 4.90. The third-order valence-electron chi connectivity index (χ3n) is 3.34. The number of hydrazine groups is 1. The zero-order chi connectivity index (χ0) is 14.4. The van der Waals surface area contributed by atoms with Gasteiger partial charge in [0.25, 0.3) is 0 Å². The molecule has 0 unspecified atom stereocenters. The number of ether oxygens (including phenoxy) is 1. The predicted octanol–water partition coefficient (Wildman–Crippen LogP) is 0.386. The molecule has 0 aliphatic carbocycles. The van der Waals surface area contributed by atoms with Crippen molar-refractivity contribution in [1.29, 1.82) is 0 Å². The van der Waals surface area contributed by atoms with E-state index in [1.807, 2.05) is 24.3 Å². The van der Waals surface area contributed by atoms with Gasteiger partial charge >= 0.3 is 0 Å². The molecule has 6 nitrogen and oxygen atoms in total. The van der Waals surface area contributed by atoms with Crippen LogP contribution in [0.15, 0.2) is 24.3 Å². The average molecular weight is 278 g/mol. The zero-order valence-corrected chi connectivity index (χ0v) is 12.1. The molecule has 1 amide bonds. The molecule has 0 radical (unpaired) electrons. The van der Waals surface area contributed by atoms with Crippen molar-refractivity contribution >= 4 is 11.6 Å². The maximum absolute atomic E-state index is 11.8. The standard InChI is InChI=1S/C14H22N4O2/c1-17-7-9-18(10-8-17)15-11-14(19)16-12-3-5-13(20-2)6-4-12/h3-6,15H,7-11H2,1-2H3,(H,16,19). The molecule has 6 heteroatoms. The normalized spacial score (nSPS) is 16.9. The fourth-order valence-electron chi connectivity index (χ4n) is 2.03. The molecule has 0 saturated carbocycles. The van der Waals surface area contributed by atoms with Crippen molar-refractivity contribution in [3.05, 3.63) is 24.3 Å². The molecular formula is C14H22N4O2. The first-order valence-corrected chi connectivity index (χ1v) is 6.78. The highest BCUT2D eigenvalue weighted by Crippen LogP contribution is 2.14. The van der Waals surface area contributed by atoms with Gasteiger partial charge in [0, 0.05) is 31.9 Å². The molecule has 2 N–H and O–H groups in total. The van der Waals surface area contributed by atoms with Crippen molar-refractivity contribution in [1.82, 2.24) is 15.3 Å². The number of hydrogen-bond donors (Lipinski definition) is 2. The summed E-state index contributed by atoms with van der Waals surface area (Å²) in [5, 5.41) is 4.94. The molecule has 1 aromatic rings. The number of piperazine rings is 1. The molecule has 0 bridgehead atoms. The van der Waals surface area contributed by atoms with Crippen LogP contribution in [0.3, 0.4) is 0 Å². The Labute approximate surface area is 119 Å². The SMILES string of the molecule is COc1ccc(NC(=O)CNN2CCN(C)CC2)cc1. The Hall–Kier alpha value is -1.63. The highest BCUT2D eigenvalue weighted by Gasteiger charge is 2.14. The van der Waals surface area contributed by atoms with E-state index in [1.54, 1.807) is 7.11 Å². The lowest BCUT2D eigenvalue weighted by molar-refractivity contribution is -0.116. The summed E-state index contributed by atoms with van der Waals surface area (Å²) in [5.41, 5.74) is 3.93. The third-order valence-corrected chi connectivity index (χ3v) is 3.34. The van der Waals surface area contributed by atoms with E-state index >= 15 is 0 Å². The van der Waals surface area contributed by atoms with Gasteiger partial charge in [-0.2, -0.15) is 0 Å². The topological polar surface area (TPSA) is 56.8 Å². The summed E-state index contributed by atoms with van der Waals surface area (Å²) in [6.07, 6.45) is 0. The maximum atomic E-state index is 11.8. The minimum Gasteiger partial charge on any atom is -0.497 e. The van der Waals surface area contributed by atoms with Crippen molar-refractivity contribution in [2.75, 3.05) is 52.2 Å². The molecule has 110 valence electrons. The fourth-order valence-corrected chi connectivity index (χ4v) is 2.03. The number of likely N-dealkylation sites (N-methyl/N-ethyl adjacent to an activating group) is 1. The first-order valence-electron chi connectivity index (χ1n) is 6.78. The second kappa shape index (κ2) is 7.23. The van der Waals surface area contributed by atoms with E-state index in [-0.39, 0.29) is 12.5 Å². The Kier molecular flexibility index (Phi) is 5.34. The van der Waals surface area contributed by atoms with Crippen LogP contribution < -0.4 is 15.5 Å². The Bertz CT molecular complexity index is 427. The van der Waals surface area contributed by atoms with E-state index in [1.165, 1.54) is 0 Å². The lowest BCUT2D eigenvalue weighted by atomic mass is 10.3. The van der Waals surface area contributed by atoms with Crippen LogP contribution in [0.25, 0.3) is 0 Å². The van der Waals surface area contributed by atoms with Crippen LogP contribution in [-0.4, -0.2) is 62.7 Å². The van der Waals surface area contributed by atoms with Crippen molar-refractivity contribution < 1.29 is 9.53 Å². The van der Waals surface area contributed by atoms with Gasteiger partial charge in [0.05, 0.1) is 13.7 Å². The molecule has 1 fully saturated rings. The number of benzene rings is 1. The molecule has 1 heterocycles. The molecule has 2 rings (SSSR count). The summed E-state index contributed by atoms with van der Waals surface area (Å²) in [7, 11) is 3.72. The first kappa shape index (κ1) is 14.8. The van der Waals surface area contributed by atoms with Crippen LogP contribution in [0.5, 0.6) is 5.75 Å². The summed E-state index contributed by atoms with van der Waals surface area (Å²) < 4.78 is 5.07. The van der Waals surface area contributed by atoms with Crippen molar-refractivity contribution in [2.24, 2.45) is 0 Å². The van der Waals surface area contributed by atoms with Crippen LogP contribution in [0.2, 0.25) is 0 Å². The van der Waals surface area contributed by atoms with E-state index < -0.39 is 0 Å². The summed E-state index contributed by atoms with van der Waals surface area (Å²) in [5.74, 6) is 0.729. The van der Waals surface area contributed by atoms with Crippen LogP contribution in [0.1, 0.15) is 0 Å². The maximum Gasteiger partial charge on any atom is 0.239 e. The molecule has 1 saturated heterocycles. The average Bonchev–Trinajstić information content (AvgIpc) is 2.47. The van der Waals surface area contributed by atoms with E-state index in [0.717, 1.165) is 37.6 Å². The monoisotopic (exact) mass is 278 g/mol. The van der Waals surface area contributed by atoms with Crippen molar-refractivity contribution in [2.45, 2.75) is 0 Å². The van der Waals surface area contributed by atoms with Gasteiger partial charge < -0.3 is 15.0 Å². The van der Waals surface area contributed by atoms with E-state index in [9.17, 15) is 4.79 Å². The quantitative estimate of drug-likeness (QED) is 0.816. The molecule has 0 spiro atoms. The van der Waals surface area contributed by atoms with Crippen LogP contribution in [0.4, 0.5) is 5.69 Å². The Morgan fingerprint density at radius 2 is 1.85 bits per heavy atom. The van der Waals surface area contributed by atoms with Gasteiger partial charge in [0.2, 0.25) is 5.91 Å². The number of carbonyl (C=O) groups is 1. The molecule has 1 aliphatic rings. The van der Waals surface area contributed by atoms with Crippen molar-refractivity contribution in [3.63, 3.8) is 0 Å². The third kappa shape index (κ3) is 4.48. The Morgan fingerprint density at radius 1 is 1.20 bits per heavy atom. The smallest absolute Gasteiger partial charge is 0.239 e. The predicted molar refractivity (Wildman–Crippen MR) is 78.7 cm³/mol. The van der Waals surface area contributed by atoms with E-state index in [2.05, 4.69) is 27.7 Å². The molecular weight excluding hydrogens is 256 g/mol. The van der Waals surface area contributed by atoms with Crippen LogP contribution in [-0.2, 0) is 4.79 Å². The Balaban J connectivity index is 1.72. The number of methoxy groups -OCH3 is 1. The minimum absolute atomic E-state index is 0.0471. The van der Waals surface area contributed by atoms with Gasteiger partial charge in [-0.05, 0) is 31.3 Å².